The number of carbonyl (C=O) groups excluding carboxylic acids is 2. The fraction of sp³-hybridized carbons (Fsp3) is 0.111. The SMILES string of the molecule is COc1cc(/C=N/NC(=O)c2cc(-c3cccs3)[nH]n2)ccc1OC(C)=O. The van der Waals surface area contributed by atoms with E-state index in [0.717, 1.165) is 10.6 Å². The standard InChI is InChI=1S/C18H16N4O4S/c1-11(23)26-15-6-5-12(8-16(15)25-2)10-19-22-18(24)14-9-13(20-21-14)17-4-3-7-27-17/h3-10H,1-2H3,(H,20,21)(H,22,24)/b19-10+. The molecule has 0 bridgehead atoms. The molecular weight excluding hydrogens is 368 g/mol. The van der Waals surface area contributed by atoms with Crippen molar-refractivity contribution in [2.24, 2.45) is 5.10 Å². The van der Waals surface area contributed by atoms with E-state index in [-0.39, 0.29) is 5.69 Å². The van der Waals surface area contributed by atoms with Crippen LogP contribution >= 0.6 is 11.3 Å². The van der Waals surface area contributed by atoms with Gasteiger partial charge in [0, 0.05) is 6.92 Å². The number of methoxy groups -OCH3 is 1. The first-order chi connectivity index (χ1) is 13.1. The summed E-state index contributed by atoms with van der Waals surface area (Å²) in [5, 5.41) is 12.7. The molecule has 2 aromatic heterocycles. The fourth-order valence-corrected chi connectivity index (χ4v) is 2.91. The van der Waals surface area contributed by atoms with Crippen LogP contribution in [0.3, 0.4) is 0 Å². The minimum Gasteiger partial charge on any atom is -0.493 e. The van der Waals surface area contributed by atoms with Crippen LogP contribution < -0.4 is 14.9 Å². The molecule has 8 nitrogen and oxygen atoms in total. The van der Waals surface area contributed by atoms with E-state index in [1.807, 2.05) is 17.5 Å². The zero-order valence-corrected chi connectivity index (χ0v) is 15.4. The van der Waals surface area contributed by atoms with Crippen LogP contribution in [0.4, 0.5) is 0 Å². The minimum absolute atomic E-state index is 0.235. The van der Waals surface area contributed by atoms with E-state index in [0.29, 0.717) is 17.1 Å². The zero-order chi connectivity index (χ0) is 19.2. The number of carbonyl (C=O) groups is 2. The summed E-state index contributed by atoms with van der Waals surface area (Å²) >= 11 is 1.55. The summed E-state index contributed by atoms with van der Waals surface area (Å²) in [6, 6.07) is 10.4. The highest BCUT2D eigenvalue weighted by Gasteiger charge is 2.11. The number of esters is 1. The molecule has 2 N–H and O–H groups in total. The van der Waals surface area contributed by atoms with Gasteiger partial charge >= 0.3 is 5.97 Å². The van der Waals surface area contributed by atoms with Gasteiger partial charge in [-0.05, 0) is 41.3 Å². The molecule has 1 aromatic carbocycles. The van der Waals surface area contributed by atoms with Gasteiger partial charge in [-0.3, -0.25) is 14.7 Å². The fourth-order valence-electron chi connectivity index (χ4n) is 2.22. The van der Waals surface area contributed by atoms with Gasteiger partial charge in [0.05, 0.1) is 23.9 Å². The van der Waals surface area contributed by atoms with Crippen LogP contribution in [0.5, 0.6) is 11.5 Å². The molecule has 0 unspecified atom stereocenters. The van der Waals surface area contributed by atoms with Gasteiger partial charge < -0.3 is 9.47 Å². The zero-order valence-electron chi connectivity index (χ0n) is 14.6. The molecule has 3 aromatic rings. The highest BCUT2D eigenvalue weighted by atomic mass is 32.1. The summed E-state index contributed by atoms with van der Waals surface area (Å²) in [5.74, 6) is -0.186. The lowest BCUT2D eigenvalue weighted by Crippen LogP contribution is -2.18. The van der Waals surface area contributed by atoms with Crippen molar-refractivity contribution in [3.05, 3.63) is 53.0 Å². The Morgan fingerprint density at radius 1 is 1.26 bits per heavy atom. The third-order valence-corrected chi connectivity index (χ3v) is 4.32. The molecule has 138 valence electrons. The van der Waals surface area contributed by atoms with Crippen molar-refractivity contribution in [1.29, 1.82) is 0 Å². The molecule has 0 aliphatic rings. The molecule has 0 radical (unpaired) electrons. The predicted octanol–water partition coefficient (Wildman–Crippen LogP) is 2.84. The molecule has 0 aliphatic carbocycles. The van der Waals surface area contributed by atoms with Gasteiger partial charge in [-0.25, -0.2) is 5.43 Å². The predicted molar refractivity (Wildman–Crippen MR) is 101 cm³/mol. The number of nitrogens with zero attached hydrogens (tertiary/aromatic N) is 2. The molecule has 0 atom stereocenters. The number of thiophene rings is 1. The second kappa shape index (κ2) is 8.28. The third-order valence-electron chi connectivity index (χ3n) is 3.42. The number of hydrogen-bond acceptors (Lipinski definition) is 7. The maximum Gasteiger partial charge on any atom is 0.308 e. The average molecular weight is 384 g/mol. The van der Waals surface area contributed by atoms with Crippen LogP contribution in [0.1, 0.15) is 23.0 Å². The number of H-pyrrole nitrogens is 1. The van der Waals surface area contributed by atoms with Crippen molar-refractivity contribution in [1.82, 2.24) is 15.6 Å². The maximum atomic E-state index is 12.1. The number of ether oxygens (including phenoxy) is 2. The molecule has 3 rings (SSSR count). The number of rotatable bonds is 6. The van der Waals surface area contributed by atoms with Crippen LogP contribution in [0.15, 0.2) is 46.9 Å². The Morgan fingerprint density at radius 2 is 2.11 bits per heavy atom. The Kier molecular flexibility index (Phi) is 5.62. The Bertz CT molecular complexity index is 979. The topological polar surface area (TPSA) is 106 Å². The van der Waals surface area contributed by atoms with E-state index in [2.05, 4.69) is 20.7 Å². The van der Waals surface area contributed by atoms with E-state index >= 15 is 0 Å². The molecule has 0 saturated heterocycles. The van der Waals surface area contributed by atoms with E-state index in [1.165, 1.54) is 20.2 Å². The second-order valence-electron chi connectivity index (χ2n) is 5.35. The van der Waals surface area contributed by atoms with Crippen molar-refractivity contribution in [2.75, 3.05) is 7.11 Å². The first kappa shape index (κ1) is 18.3. The van der Waals surface area contributed by atoms with Crippen LogP contribution in [0, 0.1) is 0 Å². The molecule has 0 aliphatic heterocycles. The Morgan fingerprint density at radius 3 is 2.81 bits per heavy atom. The number of hydrogen-bond donors (Lipinski definition) is 2. The molecule has 27 heavy (non-hydrogen) atoms. The maximum absolute atomic E-state index is 12.1. The molecular formula is C18H16N4O4S. The number of aromatic amines is 1. The first-order valence-electron chi connectivity index (χ1n) is 7.86. The summed E-state index contributed by atoms with van der Waals surface area (Å²) in [4.78, 5) is 24.2. The number of amides is 1. The lowest BCUT2D eigenvalue weighted by Gasteiger charge is -2.08. The van der Waals surface area contributed by atoms with E-state index < -0.39 is 11.9 Å². The highest BCUT2D eigenvalue weighted by molar-refractivity contribution is 7.13. The first-order valence-corrected chi connectivity index (χ1v) is 8.74. The normalized spacial score (nSPS) is 10.7. The van der Waals surface area contributed by atoms with Gasteiger partial charge in [-0.15, -0.1) is 11.3 Å². The Hall–Kier alpha value is -3.46. The van der Waals surface area contributed by atoms with Crippen molar-refractivity contribution in [3.8, 4) is 22.1 Å². The van der Waals surface area contributed by atoms with E-state index in [1.54, 1.807) is 35.6 Å². The summed E-state index contributed by atoms with van der Waals surface area (Å²) in [5.41, 5.74) is 4.08. The quantitative estimate of drug-likeness (QED) is 0.294. The Labute approximate surface area is 158 Å². The van der Waals surface area contributed by atoms with Gasteiger partial charge in [-0.2, -0.15) is 10.2 Å². The second-order valence-corrected chi connectivity index (χ2v) is 6.29. The van der Waals surface area contributed by atoms with Gasteiger partial charge in [0.1, 0.15) is 0 Å². The van der Waals surface area contributed by atoms with Crippen molar-refractivity contribution < 1.29 is 19.1 Å². The third kappa shape index (κ3) is 4.59. The van der Waals surface area contributed by atoms with E-state index in [9.17, 15) is 9.59 Å². The number of hydrazone groups is 1. The average Bonchev–Trinajstić information content (AvgIpc) is 3.33. The van der Waals surface area contributed by atoms with Gasteiger partial charge in [0.2, 0.25) is 0 Å². The smallest absolute Gasteiger partial charge is 0.308 e. The summed E-state index contributed by atoms with van der Waals surface area (Å²) in [6.45, 7) is 1.31. The summed E-state index contributed by atoms with van der Waals surface area (Å²) < 4.78 is 10.2. The lowest BCUT2D eigenvalue weighted by atomic mass is 10.2. The van der Waals surface area contributed by atoms with Crippen molar-refractivity contribution in [3.63, 3.8) is 0 Å². The Balaban J connectivity index is 1.65. The van der Waals surface area contributed by atoms with Crippen LogP contribution in [0.2, 0.25) is 0 Å². The monoisotopic (exact) mass is 384 g/mol. The summed E-state index contributed by atoms with van der Waals surface area (Å²) in [6.07, 6.45) is 1.45. The number of aromatic nitrogens is 2. The molecule has 0 saturated carbocycles. The molecule has 2 heterocycles. The van der Waals surface area contributed by atoms with Gasteiger partial charge in [0.15, 0.2) is 17.2 Å². The largest absolute Gasteiger partial charge is 0.493 e. The van der Waals surface area contributed by atoms with Crippen LogP contribution in [-0.2, 0) is 4.79 Å². The van der Waals surface area contributed by atoms with Crippen LogP contribution in [-0.4, -0.2) is 35.4 Å². The highest BCUT2D eigenvalue weighted by Crippen LogP contribution is 2.27. The lowest BCUT2D eigenvalue weighted by molar-refractivity contribution is -0.132. The number of benzene rings is 1. The summed E-state index contributed by atoms with van der Waals surface area (Å²) in [7, 11) is 1.47. The number of nitrogens with one attached hydrogen (secondary N) is 2. The van der Waals surface area contributed by atoms with Gasteiger partial charge in [0.25, 0.3) is 5.91 Å². The molecule has 1 amide bonds. The minimum atomic E-state index is -0.442. The van der Waals surface area contributed by atoms with Crippen LogP contribution in [0.25, 0.3) is 10.6 Å². The van der Waals surface area contributed by atoms with E-state index in [4.69, 9.17) is 9.47 Å². The molecule has 9 heteroatoms. The van der Waals surface area contributed by atoms with Crippen molar-refractivity contribution >= 4 is 29.4 Å². The van der Waals surface area contributed by atoms with Crippen molar-refractivity contribution in [2.45, 2.75) is 6.92 Å². The molecule has 0 fully saturated rings. The molecule has 0 spiro atoms. The van der Waals surface area contributed by atoms with Gasteiger partial charge in [-0.1, -0.05) is 6.07 Å².